The molecular formula is C32H35N3O5. The van der Waals surface area contributed by atoms with Crippen LogP contribution in [-0.4, -0.2) is 23.9 Å². The van der Waals surface area contributed by atoms with E-state index in [2.05, 4.69) is 28.4 Å². The van der Waals surface area contributed by atoms with E-state index in [1.807, 2.05) is 42.5 Å². The zero-order chi connectivity index (χ0) is 27.7. The van der Waals surface area contributed by atoms with Crippen LogP contribution in [0.5, 0.6) is 0 Å². The summed E-state index contributed by atoms with van der Waals surface area (Å²) < 4.78 is 0. The van der Waals surface area contributed by atoms with Crippen molar-refractivity contribution in [3.05, 3.63) is 107 Å². The molecule has 0 saturated carbocycles. The summed E-state index contributed by atoms with van der Waals surface area (Å²) in [5, 5.41) is 2.73. The van der Waals surface area contributed by atoms with Crippen molar-refractivity contribution in [1.82, 2.24) is 16.3 Å². The highest BCUT2D eigenvalue weighted by atomic mass is 16.7. The van der Waals surface area contributed by atoms with Crippen molar-refractivity contribution in [2.75, 3.05) is 0 Å². The number of nitrogens with one attached hydrogen (secondary N) is 3. The van der Waals surface area contributed by atoms with Gasteiger partial charge in [0.05, 0.1) is 12.1 Å². The molecule has 2 unspecified atom stereocenters. The summed E-state index contributed by atoms with van der Waals surface area (Å²) in [5.74, 6) is -1.59. The second-order valence-electron chi connectivity index (χ2n) is 10.3. The maximum atomic E-state index is 13.2. The third kappa shape index (κ3) is 6.94. The monoisotopic (exact) mass is 541 g/mol. The van der Waals surface area contributed by atoms with Gasteiger partial charge in [-0.15, -0.1) is 11.0 Å². The minimum absolute atomic E-state index is 0.0299. The fourth-order valence-electron chi connectivity index (χ4n) is 5.48. The predicted molar refractivity (Wildman–Crippen MR) is 150 cm³/mol. The molecule has 0 saturated heterocycles. The molecule has 208 valence electrons. The Balaban J connectivity index is 1.19. The van der Waals surface area contributed by atoms with Gasteiger partial charge in [0, 0.05) is 12.0 Å². The van der Waals surface area contributed by atoms with Gasteiger partial charge in [-0.3, -0.25) is 9.59 Å². The van der Waals surface area contributed by atoms with Crippen molar-refractivity contribution >= 4 is 17.8 Å². The van der Waals surface area contributed by atoms with Crippen LogP contribution in [0.25, 0.3) is 0 Å². The molecule has 0 heterocycles. The second kappa shape index (κ2) is 13.4. The lowest BCUT2D eigenvalue weighted by Gasteiger charge is -2.26. The third-order valence-electron chi connectivity index (χ3n) is 7.62. The van der Waals surface area contributed by atoms with Crippen LogP contribution in [0.4, 0.5) is 0 Å². The molecule has 8 heteroatoms. The summed E-state index contributed by atoms with van der Waals surface area (Å²) in [6, 6.07) is 23.6. The largest absolute Gasteiger partial charge is 0.370 e. The van der Waals surface area contributed by atoms with Gasteiger partial charge in [-0.1, -0.05) is 66.7 Å². The van der Waals surface area contributed by atoms with Crippen molar-refractivity contribution in [1.29, 1.82) is 0 Å². The average Bonchev–Trinajstić information content (AvgIpc) is 3.01. The Kier molecular flexibility index (Phi) is 9.21. The molecule has 40 heavy (non-hydrogen) atoms. The molecular weight excluding hydrogens is 506 g/mol. The maximum Gasteiger partial charge on any atom is 0.347 e. The Bertz CT molecular complexity index is 1330. The molecule has 5 rings (SSSR count). The molecule has 2 aliphatic rings. The Morgan fingerprint density at radius 2 is 1.27 bits per heavy atom. The predicted octanol–water partition coefficient (Wildman–Crippen LogP) is 4.82. The number of amides is 1. The van der Waals surface area contributed by atoms with Crippen LogP contribution in [0.2, 0.25) is 0 Å². The van der Waals surface area contributed by atoms with E-state index in [1.165, 1.54) is 11.1 Å². The lowest BCUT2D eigenvalue weighted by Crippen LogP contribution is -2.44. The number of hydrogen-bond acceptors (Lipinski definition) is 7. The van der Waals surface area contributed by atoms with Crippen molar-refractivity contribution in [3.8, 4) is 0 Å². The van der Waals surface area contributed by atoms with Gasteiger partial charge in [-0.2, -0.15) is 0 Å². The van der Waals surface area contributed by atoms with Gasteiger partial charge in [0.1, 0.15) is 6.04 Å². The Morgan fingerprint density at radius 3 is 1.90 bits per heavy atom. The van der Waals surface area contributed by atoms with Crippen molar-refractivity contribution in [3.63, 3.8) is 0 Å². The molecule has 0 aromatic heterocycles. The van der Waals surface area contributed by atoms with Gasteiger partial charge in [0.15, 0.2) is 0 Å². The molecule has 1 amide bonds. The number of fused-ring (bicyclic) bond motifs is 2. The molecule has 0 bridgehead atoms. The quantitative estimate of drug-likeness (QED) is 0.316. The summed E-state index contributed by atoms with van der Waals surface area (Å²) in [4.78, 5) is 49.5. The van der Waals surface area contributed by atoms with Gasteiger partial charge in [0.25, 0.3) is 5.91 Å². The van der Waals surface area contributed by atoms with E-state index >= 15 is 0 Å². The molecule has 3 aromatic carbocycles. The topological polar surface area (TPSA) is 106 Å². The number of hydroxylamine groups is 2. The summed E-state index contributed by atoms with van der Waals surface area (Å²) in [6.45, 7) is 0. The first-order valence-electron chi connectivity index (χ1n) is 14.0. The molecule has 0 spiro atoms. The van der Waals surface area contributed by atoms with Crippen LogP contribution >= 0.6 is 0 Å². The van der Waals surface area contributed by atoms with Crippen LogP contribution in [0.15, 0.2) is 78.9 Å². The fourth-order valence-corrected chi connectivity index (χ4v) is 5.48. The number of carbonyl (C=O) groups is 3. The summed E-state index contributed by atoms with van der Waals surface area (Å²) in [7, 11) is 0. The SMILES string of the molecule is O=C(CC[C@@H](NC(=O)c1ccccc1)C(=O)ONC1CCCc2ccccc21)ONC1CCCc2ccccc21. The number of hydrogen-bond donors (Lipinski definition) is 3. The molecule has 0 aliphatic heterocycles. The van der Waals surface area contributed by atoms with Crippen molar-refractivity contribution in [2.45, 2.75) is 69.5 Å². The van der Waals surface area contributed by atoms with E-state index < -0.39 is 23.9 Å². The highest BCUT2D eigenvalue weighted by molar-refractivity contribution is 5.96. The maximum absolute atomic E-state index is 13.2. The van der Waals surface area contributed by atoms with Crippen LogP contribution in [-0.2, 0) is 32.1 Å². The first-order valence-corrected chi connectivity index (χ1v) is 14.0. The smallest absolute Gasteiger partial charge is 0.347 e. The second-order valence-corrected chi connectivity index (χ2v) is 10.3. The van der Waals surface area contributed by atoms with Gasteiger partial charge in [-0.25, -0.2) is 4.79 Å². The highest BCUT2D eigenvalue weighted by Gasteiger charge is 2.28. The molecule has 2 aliphatic carbocycles. The van der Waals surface area contributed by atoms with Crippen LogP contribution in [0.1, 0.15) is 83.2 Å². The van der Waals surface area contributed by atoms with Gasteiger partial charge >= 0.3 is 11.9 Å². The Morgan fingerprint density at radius 1 is 0.725 bits per heavy atom. The number of rotatable bonds is 10. The van der Waals surface area contributed by atoms with E-state index in [-0.39, 0.29) is 24.9 Å². The van der Waals surface area contributed by atoms with Crippen LogP contribution in [0.3, 0.4) is 0 Å². The van der Waals surface area contributed by atoms with Crippen LogP contribution < -0.4 is 16.3 Å². The van der Waals surface area contributed by atoms with E-state index in [1.54, 1.807) is 24.3 Å². The van der Waals surface area contributed by atoms with Gasteiger partial charge < -0.3 is 15.0 Å². The minimum atomic E-state index is -1.04. The van der Waals surface area contributed by atoms with E-state index in [4.69, 9.17) is 9.68 Å². The van der Waals surface area contributed by atoms with Crippen LogP contribution in [0, 0.1) is 0 Å². The summed E-state index contributed by atoms with van der Waals surface area (Å²) in [6.07, 6.45) is 5.61. The highest BCUT2D eigenvalue weighted by Crippen LogP contribution is 2.30. The molecule has 3 N–H and O–H groups in total. The average molecular weight is 542 g/mol. The molecule has 3 aromatic rings. The Hall–Kier alpha value is -4.01. The fraction of sp³-hybridized carbons (Fsp3) is 0.344. The van der Waals surface area contributed by atoms with E-state index in [9.17, 15) is 14.4 Å². The molecule has 0 radical (unpaired) electrons. The zero-order valence-electron chi connectivity index (χ0n) is 22.4. The molecule has 3 atom stereocenters. The van der Waals surface area contributed by atoms with Crippen molar-refractivity contribution in [2.24, 2.45) is 0 Å². The molecule has 8 nitrogen and oxygen atoms in total. The minimum Gasteiger partial charge on any atom is -0.370 e. The number of benzene rings is 3. The summed E-state index contributed by atoms with van der Waals surface area (Å²) >= 11 is 0. The lowest BCUT2D eigenvalue weighted by molar-refractivity contribution is -0.157. The van der Waals surface area contributed by atoms with Gasteiger partial charge in [0.2, 0.25) is 0 Å². The van der Waals surface area contributed by atoms with Gasteiger partial charge in [-0.05, 0) is 79.3 Å². The first kappa shape index (κ1) is 27.6. The van der Waals surface area contributed by atoms with Crippen molar-refractivity contribution < 1.29 is 24.1 Å². The van der Waals surface area contributed by atoms with E-state index in [0.717, 1.165) is 49.7 Å². The third-order valence-corrected chi connectivity index (χ3v) is 7.62. The molecule has 0 fully saturated rings. The number of carbonyl (C=O) groups excluding carboxylic acids is 3. The standard InChI is InChI=1S/C32H35N3O5/c36-30(39-34-27-18-8-14-22-10-4-6-16-25(22)27)21-20-29(33-31(37)24-12-2-1-3-13-24)32(38)40-35-28-19-9-15-23-11-5-7-17-26(23)28/h1-7,10-13,16-17,27-29,34-35H,8-9,14-15,18-21H2,(H,33,37)/t27?,28?,29-/m1/s1. The normalized spacial score (nSPS) is 18.5. The first-order chi connectivity index (χ1) is 19.6. The number of aryl methyl sites for hydroxylation is 2. The van der Waals surface area contributed by atoms with E-state index in [0.29, 0.717) is 5.56 Å². The Labute approximate surface area is 234 Å². The summed E-state index contributed by atoms with van der Waals surface area (Å²) in [5.41, 5.74) is 10.9. The zero-order valence-corrected chi connectivity index (χ0v) is 22.4. The lowest BCUT2D eigenvalue weighted by atomic mass is 9.88.